The smallest absolute Gasteiger partial charge is 0.161 e. The molecule has 1 fully saturated rings. The third-order valence-electron chi connectivity index (χ3n) is 1.39. The second kappa shape index (κ2) is 2.27. The molecule has 0 bridgehead atoms. The van der Waals surface area contributed by atoms with E-state index < -0.39 is 0 Å². The fourth-order valence-corrected chi connectivity index (χ4v) is 0.845. The highest BCUT2D eigenvalue weighted by molar-refractivity contribution is 5.81. The van der Waals surface area contributed by atoms with E-state index in [0.717, 1.165) is 6.42 Å². The summed E-state index contributed by atoms with van der Waals surface area (Å²) in [5.74, 6) is 0.247. The number of ether oxygens (including phenoxy) is 1. The van der Waals surface area contributed by atoms with Crippen molar-refractivity contribution in [1.82, 2.24) is 0 Å². The minimum atomic E-state index is 0.225. The highest BCUT2D eigenvalue weighted by Gasteiger charge is 2.20. The minimum absolute atomic E-state index is 0.225. The Morgan fingerprint density at radius 1 is 1.88 bits per heavy atom. The van der Waals surface area contributed by atoms with Crippen LogP contribution in [-0.2, 0) is 9.53 Å². The van der Waals surface area contributed by atoms with Gasteiger partial charge < -0.3 is 4.74 Å². The van der Waals surface area contributed by atoms with Crippen molar-refractivity contribution in [2.45, 2.75) is 25.9 Å². The van der Waals surface area contributed by atoms with Crippen LogP contribution >= 0.6 is 0 Å². The van der Waals surface area contributed by atoms with E-state index in [2.05, 4.69) is 0 Å². The fourth-order valence-electron chi connectivity index (χ4n) is 0.845. The van der Waals surface area contributed by atoms with Crippen molar-refractivity contribution >= 4 is 5.78 Å². The highest BCUT2D eigenvalue weighted by atomic mass is 16.5. The molecule has 1 unspecified atom stereocenters. The van der Waals surface area contributed by atoms with Crippen LogP contribution in [-0.4, -0.2) is 18.5 Å². The molecule has 1 saturated heterocycles. The molecule has 0 N–H and O–H groups in total. The van der Waals surface area contributed by atoms with Crippen LogP contribution in [0.3, 0.4) is 0 Å². The Bertz CT molecular complexity index is 98.7. The third kappa shape index (κ3) is 1.07. The van der Waals surface area contributed by atoms with Crippen LogP contribution in [0.4, 0.5) is 0 Å². The molecule has 0 aromatic rings. The first-order valence-corrected chi connectivity index (χ1v) is 2.96. The first kappa shape index (κ1) is 5.76. The number of carbonyl (C=O) groups is 1. The first-order chi connectivity index (χ1) is 3.83. The number of ketones is 1. The summed E-state index contributed by atoms with van der Waals surface area (Å²) in [7, 11) is 0. The number of hydrogen-bond donors (Lipinski definition) is 0. The zero-order valence-corrected chi connectivity index (χ0v) is 5.02. The first-order valence-electron chi connectivity index (χ1n) is 2.96. The van der Waals surface area contributed by atoms with Crippen molar-refractivity contribution < 1.29 is 9.53 Å². The standard InChI is InChI=1S/C6H10O2/c1-2-6-3-5(7)4-8-6/h6H,2-4H2,1H3. The summed E-state index contributed by atoms with van der Waals surface area (Å²) in [6.07, 6.45) is 1.82. The fraction of sp³-hybridized carbons (Fsp3) is 0.833. The molecule has 1 atom stereocenters. The van der Waals surface area contributed by atoms with Gasteiger partial charge in [0, 0.05) is 6.42 Å². The number of hydrogen-bond acceptors (Lipinski definition) is 2. The van der Waals surface area contributed by atoms with E-state index in [0.29, 0.717) is 13.0 Å². The van der Waals surface area contributed by atoms with Crippen LogP contribution in [0.15, 0.2) is 0 Å². The molecule has 1 aliphatic rings. The molecule has 46 valence electrons. The quantitative estimate of drug-likeness (QED) is 0.503. The van der Waals surface area contributed by atoms with Crippen LogP contribution < -0.4 is 0 Å². The van der Waals surface area contributed by atoms with Gasteiger partial charge in [0.05, 0.1) is 6.10 Å². The molecule has 0 aromatic carbocycles. The third-order valence-corrected chi connectivity index (χ3v) is 1.39. The maximum absolute atomic E-state index is 10.5. The summed E-state index contributed by atoms with van der Waals surface area (Å²) in [5, 5.41) is 0. The second-order valence-electron chi connectivity index (χ2n) is 2.08. The zero-order valence-electron chi connectivity index (χ0n) is 5.02. The molecular weight excluding hydrogens is 104 g/mol. The lowest BCUT2D eigenvalue weighted by molar-refractivity contribution is -0.117. The average molecular weight is 114 g/mol. The van der Waals surface area contributed by atoms with Gasteiger partial charge >= 0.3 is 0 Å². The van der Waals surface area contributed by atoms with Crippen molar-refractivity contribution in [3.63, 3.8) is 0 Å². The molecule has 1 heterocycles. The van der Waals surface area contributed by atoms with Gasteiger partial charge in [-0.1, -0.05) is 6.92 Å². The van der Waals surface area contributed by atoms with Gasteiger partial charge in [-0.3, -0.25) is 4.79 Å². The van der Waals surface area contributed by atoms with Gasteiger partial charge in [0.1, 0.15) is 6.61 Å². The molecule has 0 aliphatic carbocycles. The Morgan fingerprint density at radius 2 is 2.62 bits per heavy atom. The van der Waals surface area contributed by atoms with E-state index in [1.54, 1.807) is 0 Å². The van der Waals surface area contributed by atoms with Crippen molar-refractivity contribution in [2.75, 3.05) is 6.61 Å². The van der Waals surface area contributed by atoms with Crippen LogP contribution in [0.5, 0.6) is 0 Å². The number of carbonyl (C=O) groups excluding carboxylic acids is 1. The van der Waals surface area contributed by atoms with Gasteiger partial charge in [0.25, 0.3) is 0 Å². The molecular formula is C6H10O2. The lowest BCUT2D eigenvalue weighted by atomic mass is 10.2. The number of Topliss-reactive ketones (excluding diaryl/α,β-unsaturated/α-hetero) is 1. The van der Waals surface area contributed by atoms with E-state index in [1.165, 1.54) is 0 Å². The van der Waals surface area contributed by atoms with Crippen molar-refractivity contribution in [3.05, 3.63) is 0 Å². The van der Waals surface area contributed by atoms with Gasteiger partial charge in [0.15, 0.2) is 5.78 Å². The van der Waals surface area contributed by atoms with E-state index in [-0.39, 0.29) is 11.9 Å². The van der Waals surface area contributed by atoms with E-state index in [4.69, 9.17) is 4.74 Å². The summed E-state index contributed by atoms with van der Waals surface area (Å²) < 4.78 is 5.06. The molecule has 2 nitrogen and oxygen atoms in total. The molecule has 1 aliphatic heterocycles. The van der Waals surface area contributed by atoms with Gasteiger partial charge in [-0.15, -0.1) is 0 Å². The van der Waals surface area contributed by atoms with Crippen LogP contribution in [0.25, 0.3) is 0 Å². The maximum Gasteiger partial charge on any atom is 0.161 e. The lowest BCUT2D eigenvalue weighted by Crippen LogP contribution is -2.00. The normalized spacial score (nSPS) is 29.1. The Labute approximate surface area is 48.8 Å². The van der Waals surface area contributed by atoms with Crippen LogP contribution in [0, 0.1) is 0 Å². The molecule has 1 rings (SSSR count). The van der Waals surface area contributed by atoms with Crippen LogP contribution in [0.1, 0.15) is 19.8 Å². The summed E-state index contributed by atoms with van der Waals surface area (Å²) in [6.45, 7) is 2.38. The second-order valence-corrected chi connectivity index (χ2v) is 2.08. The molecule has 0 radical (unpaired) electrons. The molecule has 0 spiro atoms. The Kier molecular flexibility index (Phi) is 1.63. The predicted octanol–water partition coefficient (Wildman–Crippen LogP) is 0.754. The molecule has 0 amide bonds. The van der Waals surface area contributed by atoms with Crippen LogP contribution in [0.2, 0.25) is 0 Å². The summed E-state index contributed by atoms with van der Waals surface area (Å²) >= 11 is 0. The molecule has 2 heteroatoms. The van der Waals surface area contributed by atoms with Crippen molar-refractivity contribution in [2.24, 2.45) is 0 Å². The molecule has 0 saturated carbocycles. The monoisotopic (exact) mass is 114 g/mol. The summed E-state index contributed by atoms with van der Waals surface area (Å²) in [4.78, 5) is 10.5. The summed E-state index contributed by atoms with van der Waals surface area (Å²) in [5.41, 5.74) is 0. The van der Waals surface area contributed by atoms with Crippen molar-refractivity contribution in [3.8, 4) is 0 Å². The summed E-state index contributed by atoms with van der Waals surface area (Å²) in [6, 6.07) is 0. The predicted molar refractivity (Wildman–Crippen MR) is 29.7 cm³/mol. The minimum Gasteiger partial charge on any atom is -0.370 e. The molecule has 8 heavy (non-hydrogen) atoms. The molecule has 0 aromatic heterocycles. The van der Waals surface area contributed by atoms with E-state index in [1.807, 2.05) is 6.92 Å². The largest absolute Gasteiger partial charge is 0.370 e. The lowest BCUT2D eigenvalue weighted by Gasteiger charge is -1.99. The zero-order chi connectivity index (χ0) is 5.98. The topological polar surface area (TPSA) is 26.3 Å². The Morgan fingerprint density at radius 3 is 2.88 bits per heavy atom. The van der Waals surface area contributed by atoms with Crippen molar-refractivity contribution in [1.29, 1.82) is 0 Å². The van der Waals surface area contributed by atoms with Gasteiger partial charge in [0.2, 0.25) is 0 Å². The number of rotatable bonds is 1. The Hall–Kier alpha value is -0.370. The van der Waals surface area contributed by atoms with Gasteiger partial charge in [-0.05, 0) is 6.42 Å². The maximum atomic E-state index is 10.5. The Balaban J connectivity index is 2.32. The SMILES string of the molecule is CCC1CC(=O)CO1. The van der Waals surface area contributed by atoms with Gasteiger partial charge in [-0.25, -0.2) is 0 Å². The van der Waals surface area contributed by atoms with E-state index >= 15 is 0 Å². The van der Waals surface area contributed by atoms with Gasteiger partial charge in [-0.2, -0.15) is 0 Å². The van der Waals surface area contributed by atoms with E-state index in [9.17, 15) is 4.79 Å². The average Bonchev–Trinajstić information content (AvgIpc) is 2.14. The highest BCUT2D eigenvalue weighted by Crippen LogP contribution is 2.10.